The van der Waals surface area contributed by atoms with Crippen LogP contribution in [0, 0.1) is 5.82 Å². The van der Waals surface area contributed by atoms with Crippen LogP contribution < -0.4 is 4.74 Å². The van der Waals surface area contributed by atoms with Crippen LogP contribution >= 0.6 is 0 Å². The predicted octanol–water partition coefficient (Wildman–Crippen LogP) is 2.65. The number of rotatable bonds is 6. The number of imide groups is 1. The molecule has 1 heterocycles. The molecular formula is C18H16FNO4. The van der Waals surface area contributed by atoms with E-state index in [1.807, 2.05) is 0 Å². The molecule has 0 unspecified atom stereocenters. The number of nitrogens with zero attached hydrogens (tertiary/aromatic N) is 1. The van der Waals surface area contributed by atoms with Gasteiger partial charge in [-0.1, -0.05) is 12.1 Å². The molecule has 124 valence electrons. The fraction of sp³-hybridized carbons (Fsp3) is 0.222. The molecule has 2 aromatic rings. The number of methoxy groups -OCH3 is 1. The first kappa shape index (κ1) is 16.1. The quantitative estimate of drug-likeness (QED) is 0.765. The number of hydrogen-bond acceptors (Lipinski definition) is 4. The lowest BCUT2D eigenvalue weighted by atomic mass is 10.1. The highest BCUT2D eigenvalue weighted by molar-refractivity contribution is 6.21. The highest BCUT2D eigenvalue weighted by Gasteiger charge is 2.35. The van der Waals surface area contributed by atoms with Crippen LogP contribution in [0.3, 0.4) is 0 Å². The zero-order chi connectivity index (χ0) is 17.1. The van der Waals surface area contributed by atoms with Crippen molar-refractivity contribution in [3.63, 3.8) is 0 Å². The molecule has 2 aromatic carbocycles. The highest BCUT2D eigenvalue weighted by Crippen LogP contribution is 2.27. The van der Waals surface area contributed by atoms with Crippen LogP contribution in [0.5, 0.6) is 5.75 Å². The van der Waals surface area contributed by atoms with Gasteiger partial charge >= 0.3 is 0 Å². The topological polar surface area (TPSA) is 55.8 Å². The molecule has 5 nitrogen and oxygen atoms in total. The van der Waals surface area contributed by atoms with Gasteiger partial charge in [-0.2, -0.15) is 0 Å². The van der Waals surface area contributed by atoms with E-state index >= 15 is 0 Å². The summed E-state index contributed by atoms with van der Waals surface area (Å²) in [7, 11) is 1.51. The Hall–Kier alpha value is -2.73. The van der Waals surface area contributed by atoms with Crippen LogP contribution in [0.1, 0.15) is 26.3 Å². The number of fused-ring (bicyclic) bond motifs is 1. The summed E-state index contributed by atoms with van der Waals surface area (Å²) in [6.45, 7) is 0.753. The van der Waals surface area contributed by atoms with Crippen molar-refractivity contribution in [2.45, 2.75) is 6.61 Å². The number of ether oxygens (including phenoxy) is 2. The average molecular weight is 329 g/mol. The zero-order valence-electron chi connectivity index (χ0n) is 13.1. The van der Waals surface area contributed by atoms with Gasteiger partial charge in [0.25, 0.3) is 11.8 Å². The molecule has 6 heteroatoms. The largest absolute Gasteiger partial charge is 0.489 e. The Morgan fingerprint density at radius 2 is 1.71 bits per heavy atom. The van der Waals surface area contributed by atoms with E-state index in [9.17, 15) is 14.0 Å². The molecule has 0 saturated heterocycles. The van der Waals surface area contributed by atoms with Crippen LogP contribution in [0.4, 0.5) is 4.39 Å². The third-order valence-electron chi connectivity index (χ3n) is 3.78. The van der Waals surface area contributed by atoms with Crippen LogP contribution in [0.2, 0.25) is 0 Å². The average Bonchev–Trinajstić information content (AvgIpc) is 2.83. The van der Waals surface area contributed by atoms with Gasteiger partial charge in [0.05, 0.1) is 24.3 Å². The van der Waals surface area contributed by atoms with E-state index in [2.05, 4.69) is 0 Å². The zero-order valence-corrected chi connectivity index (χ0v) is 13.1. The second kappa shape index (κ2) is 6.80. The van der Waals surface area contributed by atoms with Crippen molar-refractivity contribution >= 4 is 11.8 Å². The molecule has 0 fully saturated rings. The Morgan fingerprint density at radius 3 is 2.42 bits per heavy atom. The monoisotopic (exact) mass is 329 g/mol. The summed E-state index contributed by atoms with van der Waals surface area (Å²) in [5.41, 5.74) is 1.50. The summed E-state index contributed by atoms with van der Waals surface area (Å²) >= 11 is 0. The molecule has 0 aromatic heterocycles. The van der Waals surface area contributed by atoms with Gasteiger partial charge in [0.1, 0.15) is 18.2 Å². The number of hydrogen-bond donors (Lipinski definition) is 0. The van der Waals surface area contributed by atoms with Crippen LogP contribution in [0.25, 0.3) is 0 Å². The molecule has 1 aliphatic rings. The normalized spacial score (nSPS) is 13.3. The summed E-state index contributed by atoms with van der Waals surface area (Å²) in [6.07, 6.45) is 0. The molecule has 0 N–H and O–H groups in total. The molecule has 24 heavy (non-hydrogen) atoms. The van der Waals surface area contributed by atoms with E-state index in [1.54, 1.807) is 30.3 Å². The maximum atomic E-state index is 12.9. The van der Waals surface area contributed by atoms with Crippen molar-refractivity contribution in [1.29, 1.82) is 0 Å². The molecule has 1 aliphatic heterocycles. The Labute approximate surface area is 138 Å². The number of carbonyl (C=O) groups excluding carboxylic acids is 2. The second-order valence-corrected chi connectivity index (χ2v) is 5.38. The molecule has 0 spiro atoms. The lowest BCUT2D eigenvalue weighted by molar-refractivity contribution is 0.0603. The standard InChI is InChI=1S/C18H16FNO4/c1-23-9-8-20-17(21)15-7-6-14(10-16(15)18(20)22)24-11-12-2-4-13(19)5-3-12/h2-7,10H,8-9,11H2,1H3. The van der Waals surface area contributed by atoms with Crippen molar-refractivity contribution in [2.75, 3.05) is 20.3 Å². The van der Waals surface area contributed by atoms with Gasteiger partial charge in [-0.25, -0.2) is 4.39 Å². The second-order valence-electron chi connectivity index (χ2n) is 5.38. The van der Waals surface area contributed by atoms with Gasteiger partial charge in [-0.3, -0.25) is 14.5 Å². The van der Waals surface area contributed by atoms with E-state index < -0.39 is 0 Å². The highest BCUT2D eigenvalue weighted by atomic mass is 19.1. The number of benzene rings is 2. The fourth-order valence-corrected chi connectivity index (χ4v) is 2.49. The minimum atomic E-state index is -0.348. The van der Waals surface area contributed by atoms with Crippen LogP contribution in [0.15, 0.2) is 42.5 Å². The predicted molar refractivity (Wildman–Crippen MR) is 84.4 cm³/mol. The molecule has 0 radical (unpaired) electrons. The summed E-state index contributed by atoms with van der Waals surface area (Å²) < 4.78 is 23.4. The lowest BCUT2D eigenvalue weighted by Crippen LogP contribution is -2.32. The van der Waals surface area contributed by atoms with E-state index in [4.69, 9.17) is 9.47 Å². The molecular weight excluding hydrogens is 313 g/mol. The first-order valence-corrected chi connectivity index (χ1v) is 7.46. The smallest absolute Gasteiger partial charge is 0.261 e. The number of amides is 2. The first-order valence-electron chi connectivity index (χ1n) is 7.46. The first-order chi connectivity index (χ1) is 11.6. The van der Waals surface area contributed by atoms with Crippen LogP contribution in [-0.4, -0.2) is 37.0 Å². The molecule has 3 rings (SSSR count). The van der Waals surface area contributed by atoms with Crippen LogP contribution in [-0.2, 0) is 11.3 Å². The summed E-state index contributed by atoms with van der Waals surface area (Å²) in [5, 5.41) is 0. The minimum Gasteiger partial charge on any atom is -0.489 e. The van der Waals surface area contributed by atoms with E-state index in [0.717, 1.165) is 10.5 Å². The molecule has 0 bridgehead atoms. The van der Waals surface area contributed by atoms with Gasteiger partial charge in [0, 0.05) is 7.11 Å². The maximum absolute atomic E-state index is 12.9. The summed E-state index contributed by atoms with van der Waals surface area (Å²) in [4.78, 5) is 25.7. The van der Waals surface area contributed by atoms with Gasteiger partial charge in [-0.05, 0) is 35.9 Å². The minimum absolute atomic E-state index is 0.217. The van der Waals surface area contributed by atoms with E-state index in [0.29, 0.717) is 23.5 Å². The molecule has 0 aliphatic carbocycles. The molecule has 0 atom stereocenters. The van der Waals surface area contributed by atoms with Gasteiger partial charge in [0.15, 0.2) is 0 Å². The third kappa shape index (κ3) is 3.14. The SMILES string of the molecule is COCCN1C(=O)c2ccc(OCc3ccc(F)cc3)cc2C1=O. The van der Waals surface area contributed by atoms with Crippen molar-refractivity contribution < 1.29 is 23.5 Å². The van der Waals surface area contributed by atoms with Gasteiger partial charge < -0.3 is 9.47 Å². The fourth-order valence-electron chi connectivity index (χ4n) is 2.49. The van der Waals surface area contributed by atoms with Crippen molar-refractivity contribution in [1.82, 2.24) is 4.90 Å². The van der Waals surface area contributed by atoms with E-state index in [1.165, 1.54) is 19.2 Å². The van der Waals surface area contributed by atoms with Gasteiger partial charge in [-0.15, -0.1) is 0 Å². The number of halogens is 1. The Bertz CT molecular complexity index is 773. The Kier molecular flexibility index (Phi) is 4.57. The summed E-state index contributed by atoms with van der Waals surface area (Å²) in [5.74, 6) is -0.499. The Morgan fingerprint density at radius 1 is 1.00 bits per heavy atom. The molecule has 0 saturated carbocycles. The third-order valence-corrected chi connectivity index (χ3v) is 3.78. The van der Waals surface area contributed by atoms with Crippen molar-refractivity contribution in [3.8, 4) is 5.75 Å². The van der Waals surface area contributed by atoms with Gasteiger partial charge in [0.2, 0.25) is 0 Å². The van der Waals surface area contributed by atoms with Crippen molar-refractivity contribution in [2.24, 2.45) is 0 Å². The maximum Gasteiger partial charge on any atom is 0.261 e. The number of carbonyl (C=O) groups is 2. The summed E-state index contributed by atoms with van der Waals surface area (Å²) in [6, 6.07) is 10.8. The molecule has 2 amide bonds. The lowest BCUT2D eigenvalue weighted by Gasteiger charge is -2.12. The van der Waals surface area contributed by atoms with Crippen molar-refractivity contribution in [3.05, 3.63) is 65.0 Å². The Balaban J connectivity index is 1.73. The van der Waals surface area contributed by atoms with E-state index in [-0.39, 0.29) is 30.8 Å².